The van der Waals surface area contributed by atoms with E-state index in [1.807, 2.05) is 12.1 Å². The Morgan fingerprint density at radius 2 is 2.03 bits per heavy atom. The molecule has 0 N–H and O–H groups in total. The Labute approximate surface area is 176 Å². The Hall–Kier alpha value is -2.64. The SMILES string of the molecule is Cc1cc(OC(=O)C(C)C)cc2c1C(=O)/C(=C/c1cc(Br)cc3c1OCOC3)O2. The first-order valence-corrected chi connectivity index (χ1v) is 9.96. The maximum atomic E-state index is 12.9. The van der Waals surface area contributed by atoms with Crippen molar-refractivity contribution in [2.24, 2.45) is 5.92 Å². The fourth-order valence-corrected chi connectivity index (χ4v) is 3.75. The molecule has 2 aromatic carbocycles. The molecule has 2 aliphatic heterocycles. The predicted octanol–water partition coefficient (Wildman–Crippen LogP) is 4.80. The number of ether oxygens (including phenoxy) is 4. The zero-order chi connectivity index (χ0) is 20.7. The molecule has 0 aliphatic carbocycles. The minimum atomic E-state index is -0.343. The van der Waals surface area contributed by atoms with E-state index in [1.165, 1.54) is 0 Å². The number of halogens is 1. The van der Waals surface area contributed by atoms with Gasteiger partial charge in [0.1, 0.15) is 17.2 Å². The molecule has 0 saturated heterocycles. The topological polar surface area (TPSA) is 71.1 Å². The van der Waals surface area contributed by atoms with Gasteiger partial charge in [0.05, 0.1) is 18.1 Å². The van der Waals surface area contributed by atoms with Crippen molar-refractivity contribution < 1.29 is 28.5 Å². The molecule has 2 aliphatic rings. The molecule has 0 spiro atoms. The van der Waals surface area contributed by atoms with Crippen LogP contribution in [0.2, 0.25) is 0 Å². The van der Waals surface area contributed by atoms with E-state index in [0.717, 1.165) is 15.6 Å². The van der Waals surface area contributed by atoms with Gasteiger partial charge in [0.2, 0.25) is 5.78 Å². The van der Waals surface area contributed by atoms with E-state index in [9.17, 15) is 9.59 Å². The van der Waals surface area contributed by atoms with Crippen LogP contribution in [0.1, 0.15) is 40.9 Å². The van der Waals surface area contributed by atoms with Crippen LogP contribution < -0.4 is 14.2 Å². The van der Waals surface area contributed by atoms with Gasteiger partial charge in [0.15, 0.2) is 12.6 Å². The smallest absolute Gasteiger partial charge is 0.313 e. The third-order valence-corrected chi connectivity index (χ3v) is 5.08. The standard InChI is InChI=1S/C22H19BrO6/c1-11(2)22(25)28-16-4-12(3)19-17(8-16)29-18(20(19)24)7-13-5-15(23)6-14-9-26-10-27-21(13)14/h4-8,11H,9-10H2,1-3H3/b18-7-. The molecule has 0 fully saturated rings. The molecule has 7 heteroatoms. The summed E-state index contributed by atoms with van der Waals surface area (Å²) >= 11 is 3.48. The van der Waals surface area contributed by atoms with Crippen molar-refractivity contribution in [2.45, 2.75) is 27.4 Å². The predicted molar refractivity (Wildman–Crippen MR) is 109 cm³/mol. The molecule has 150 valence electrons. The van der Waals surface area contributed by atoms with E-state index in [4.69, 9.17) is 18.9 Å². The van der Waals surface area contributed by atoms with Gasteiger partial charge in [-0.2, -0.15) is 0 Å². The van der Waals surface area contributed by atoms with Gasteiger partial charge >= 0.3 is 5.97 Å². The van der Waals surface area contributed by atoms with Crippen molar-refractivity contribution in [3.63, 3.8) is 0 Å². The third kappa shape index (κ3) is 3.80. The largest absolute Gasteiger partial charge is 0.467 e. The van der Waals surface area contributed by atoms with E-state index in [1.54, 1.807) is 39.0 Å². The number of fused-ring (bicyclic) bond motifs is 2. The summed E-state index contributed by atoms with van der Waals surface area (Å²) in [5.74, 6) is 0.765. The molecule has 0 amide bonds. The first-order chi connectivity index (χ1) is 13.8. The molecular weight excluding hydrogens is 440 g/mol. The number of rotatable bonds is 3. The van der Waals surface area contributed by atoms with Gasteiger partial charge in [-0.15, -0.1) is 0 Å². The molecule has 0 atom stereocenters. The quantitative estimate of drug-likeness (QED) is 0.373. The number of carbonyl (C=O) groups excluding carboxylic acids is 2. The van der Waals surface area contributed by atoms with Crippen LogP contribution in [-0.2, 0) is 16.1 Å². The van der Waals surface area contributed by atoms with Crippen LogP contribution in [0.4, 0.5) is 0 Å². The lowest BCUT2D eigenvalue weighted by molar-refractivity contribution is -0.137. The number of carbonyl (C=O) groups is 2. The Morgan fingerprint density at radius 3 is 2.79 bits per heavy atom. The minimum absolute atomic E-state index is 0.156. The lowest BCUT2D eigenvalue weighted by Crippen LogP contribution is -2.14. The van der Waals surface area contributed by atoms with Crippen molar-refractivity contribution >= 4 is 33.8 Å². The number of hydrogen-bond donors (Lipinski definition) is 0. The number of Topliss-reactive ketones (excluding diaryl/α,β-unsaturated/α-hetero) is 1. The van der Waals surface area contributed by atoms with Gasteiger partial charge in [-0.3, -0.25) is 9.59 Å². The number of ketones is 1. The van der Waals surface area contributed by atoms with Crippen LogP contribution >= 0.6 is 15.9 Å². The Bertz CT molecular complexity index is 1050. The average Bonchev–Trinajstić information content (AvgIpc) is 2.97. The van der Waals surface area contributed by atoms with Gasteiger partial charge < -0.3 is 18.9 Å². The second-order valence-corrected chi connectivity index (χ2v) is 8.14. The van der Waals surface area contributed by atoms with Crippen LogP contribution in [0.15, 0.2) is 34.5 Å². The summed E-state index contributed by atoms with van der Waals surface area (Å²) in [6, 6.07) is 7.02. The molecule has 0 radical (unpaired) electrons. The Balaban J connectivity index is 1.69. The highest BCUT2D eigenvalue weighted by Crippen LogP contribution is 2.39. The maximum Gasteiger partial charge on any atom is 0.313 e. The van der Waals surface area contributed by atoms with Crippen LogP contribution in [0.5, 0.6) is 17.2 Å². The molecule has 0 aromatic heterocycles. The fraction of sp³-hybridized carbons (Fsp3) is 0.273. The monoisotopic (exact) mass is 458 g/mol. The number of esters is 1. The van der Waals surface area contributed by atoms with Gasteiger partial charge in [-0.1, -0.05) is 29.8 Å². The normalized spacial score (nSPS) is 16.3. The molecule has 0 saturated carbocycles. The molecule has 2 aromatic rings. The Kier molecular flexibility index (Phi) is 5.19. The molecule has 29 heavy (non-hydrogen) atoms. The lowest BCUT2D eigenvalue weighted by atomic mass is 10.0. The van der Waals surface area contributed by atoms with Crippen LogP contribution in [0, 0.1) is 12.8 Å². The van der Waals surface area contributed by atoms with Crippen LogP contribution in [-0.4, -0.2) is 18.5 Å². The summed E-state index contributed by atoms with van der Waals surface area (Å²) < 4.78 is 23.0. The highest BCUT2D eigenvalue weighted by atomic mass is 79.9. The van der Waals surface area contributed by atoms with Gasteiger partial charge in [-0.05, 0) is 36.8 Å². The van der Waals surface area contributed by atoms with Crippen molar-refractivity contribution in [1.82, 2.24) is 0 Å². The fourth-order valence-electron chi connectivity index (χ4n) is 3.23. The molecular formula is C22H19BrO6. The molecule has 0 unspecified atom stereocenters. The molecule has 0 bridgehead atoms. The van der Waals surface area contributed by atoms with E-state index in [2.05, 4.69) is 15.9 Å². The summed E-state index contributed by atoms with van der Waals surface area (Å²) in [5, 5.41) is 0. The molecule has 2 heterocycles. The summed E-state index contributed by atoms with van der Waals surface area (Å²) in [6.45, 7) is 5.90. The summed E-state index contributed by atoms with van der Waals surface area (Å²) in [6.07, 6.45) is 1.66. The zero-order valence-electron chi connectivity index (χ0n) is 16.2. The minimum Gasteiger partial charge on any atom is -0.467 e. The number of benzene rings is 2. The number of allylic oxidation sites excluding steroid dienone is 1. The van der Waals surface area contributed by atoms with Crippen LogP contribution in [0.3, 0.4) is 0 Å². The summed E-state index contributed by atoms with van der Waals surface area (Å²) in [7, 11) is 0. The van der Waals surface area contributed by atoms with E-state index in [0.29, 0.717) is 35.0 Å². The second-order valence-electron chi connectivity index (χ2n) is 7.22. The van der Waals surface area contributed by atoms with Crippen LogP contribution in [0.25, 0.3) is 6.08 Å². The van der Waals surface area contributed by atoms with Gasteiger partial charge in [0.25, 0.3) is 0 Å². The second kappa shape index (κ2) is 7.65. The Morgan fingerprint density at radius 1 is 1.24 bits per heavy atom. The zero-order valence-corrected chi connectivity index (χ0v) is 17.8. The molecule has 4 rings (SSSR count). The number of aryl methyl sites for hydroxylation is 1. The molecule has 6 nitrogen and oxygen atoms in total. The highest BCUT2D eigenvalue weighted by molar-refractivity contribution is 9.10. The van der Waals surface area contributed by atoms with E-state index < -0.39 is 0 Å². The average molecular weight is 459 g/mol. The van der Waals surface area contributed by atoms with E-state index in [-0.39, 0.29) is 30.2 Å². The highest BCUT2D eigenvalue weighted by Gasteiger charge is 2.31. The summed E-state index contributed by atoms with van der Waals surface area (Å²) in [4.78, 5) is 24.8. The van der Waals surface area contributed by atoms with Gasteiger partial charge in [-0.25, -0.2) is 0 Å². The third-order valence-electron chi connectivity index (χ3n) is 4.62. The maximum absolute atomic E-state index is 12.9. The summed E-state index contributed by atoms with van der Waals surface area (Å²) in [5.41, 5.74) is 2.76. The lowest BCUT2D eigenvalue weighted by Gasteiger charge is -2.20. The first-order valence-electron chi connectivity index (χ1n) is 9.17. The first kappa shape index (κ1) is 19.7. The van der Waals surface area contributed by atoms with Crippen molar-refractivity contribution in [3.05, 3.63) is 56.8 Å². The van der Waals surface area contributed by atoms with Crippen molar-refractivity contribution in [2.75, 3.05) is 6.79 Å². The van der Waals surface area contributed by atoms with E-state index >= 15 is 0 Å². The van der Waals surface area contributed by atoms with Gasteiger partial charge in [0, 0.05) is 21.7 Å². The van der Waals surface area contributed by atoms with Crippen molar-refractivity contribution in [3.8, 4) is 17.2 Å². The number of hydrogen-bond acceptors (Lipinski definition) is 6. The van der Waals surface area contributed by atoms with Crippen molar-refractivity contribution in [1.29, 1.82) is 0 Å².